The minimum Gasteiger partial charge on any atom is -0.382 e. The van der Waals surface area contributed by atoms with Crippen molar-refractivity contribution < 1.29 is 14.2 Å². The van der Waals surface area contributed by atoms with Gasteiger partial charge in [0.2, 0.25) is 0 Å². The summed E-state index contributed by atoms with van der Waals surface area (Å²) in [5, 5.41) is 3.33. The number of nitrogens with one attached hydrogen (secondary N) is 1. The molecule has 0 rings (SSSR count). The van der Waals surface area contributed by atoms with Gasteiger partial charge < -0.3 is 24.4 Å². The molecule has 5 nitrogen and oxygen atoms in total. The summed E-state index contributed by atoms with van der Waals surface area (Å²) in [5.74, 6) is 0. The van der Waals surface area contributed by atoms with Gasteiger partial charge in [0, 0.05) is 26.7 Å². The summed E-state index contributed by atoms with van der Waals surface area (Å²) in [6.07, 6.45) is 0. The van der Waals surface area contributed by atoms with Crippen molar-refractivity contribution in [1.82, 2.24) is 10.2 Å². The Bertz CT molecular complexity index is 159. The average Bonchev–Trinajstić information content (AvgIpc) is 2.40. The molecule has 0 aromatic carbocycles. The van der Waals surface area contributed by atoms with Crippen molar-refractivity contribution in [1.29, 1.82) is 0 Å². The smallest absolute Gasteiger partial charge is 0.0701 e. The summed E-state index contributed by atoms with van der Waals surface area (Å²) in [7, 11) is 1.67. The van der Waals surface area contributed by atoms with Crippen molar-refractivity contribution in [2.24, 2.45) is 0 Å². The number of hydrogen-bond donors (Lipinski definition) is 1. The lowest BCUT2D eigenvalue weighted by Gasteiger charge is -2.20. The van der Waals surface area contributed by atoms with Crippen LogP contribution in [0.2, 0.25) is 0 Å². The molecule has 0 aliphatic carbocycles. The fraction of sp³-hybridized carbons (Fsp3) is 1.00. The van der Waals surface area contributed by atoms with Crippen LogP contribution in [0.25, 0.3) is 0 Å². The molecule has 18 heavy (non-hydrogen) atoms. The van der Waals surface area contributed by atoms with Crippen LogP contribution in [0.4, 0.5) is 0 Å². The van der Waals surface area contributed by atoms with Gasteiger partial charge in [-0.1, -0.05) is 13.8 Å². The number of ether oxygens (including phenoxy) is 3. The highest BCUT2D eigenvalue weighted by Crippen LogP contribution is 1.88. The first kappa shape index (κ1) is 17.8. The van der Waals surface area contributed by atoms with Gasteiger partial charge in [0.05, 0.1) is 33.0 Å². The van der Waals surface area contributed by atoms with Gasteiger partial charge in [-0.15, -0.1) is 0 Å². The molecule has 0 radical (unpaired) electrons. The molecule has 0 aliphatic rings. The summed E-state index contributed by atoms with van der Waals surface area (Å²) in [4.78, 5) is 2.38. The summed E-state index contributed by atoms with van der Waals surface area (Å²) in [5.41, 5.74) is 0. The Morgan fingerprint density at radius 2 is 1.56 bits per heavy atom. The second-order valence-electron chi connectivity index (χ2n) is 4.01. The fourth-order valence-electron chi connectivity index (χ4n) is 1.50. The Morgan fingerprint density at radius 1 is 0.889 bits per heavy atom. The highest BCUT2D eigenvalue weighted by atomic mass is 16.5. The largest absolute Gasteiger partial charge is 0.382 e. The second-order valence-corrected chi connectivity index (χ2v) is 4.01. The topological polar surface area (TPSA) is 43.0 Å². The van der Waals surface area contributed by atoms with E-state index in [9.17, 15) is 0 Å². The lowest BCUT2D eigenvalue weighted by atomic mass is 10.4. The SMILES string of the molecule is CCNCCN(CC)CCOCCOCCOC. The van der Waals surface area contributed by atoms with Gasteiger partial charge in [-0.05, 0) is 13.1 Å². The first-order valence-corrected chi connectivity index (χ1v) is 6.92. The third kappa shape index (κ3) is 12.3. The molecule has 0 bridgehead atoms. The lowest BCUT2D eigenvalue weighted by molar-refractivity contribution is 0.0198. The van der Waals surface area contributed by atoms with E-state index in [4.69, 9.17) is 14.2 Å². The van der Waals surface area contributed by atoms with Crippen molar-refractivity contribution in [3.8, 4) is 0 Å². The Morgan fingerprint density at radius 3 is 2.17 bits per heavy atom. The van der Waals surface area contributed by atoms with Crippen LogP contribution in [0.3, 0.4) is 0 Å². The van der Waals surface area contributed by atoms with Crippen LogP contribution in [0.5, 0.6) is 0 Å². The van der Waals surface area contributed by atoms with Crippen molar-refractivity contribution in [3.63, 3.8) is 0 Å². The van der Waals surface area contributed by atoms with E-state index in [1.54, 1.807) is 7.11 Å². The Hall–Kier alpha value is -0.200. The summed E-state index contributed by atoms with van der Waals surface area (Å²) >= 11 is 0. The number of nitrogens with zero attached hydrogens (tertiary/aromatic N) is 1. The standard InChI is InChI=1S/C13H30N2O3/c1-4-14-6-7-15(5-2)8-9-17-12-13-18-11-10-16-3/h14H,4-13H2,1-3H3. The number of methoxy groups -OCH3 is 1. The third-order valence-electron chi connectivity index (χ3n) is 2.66. The molecule has 0 aromatic rings. The van der Waals surface area contributed by atoms with Gasteiger partial charge in [0.25, 0.3) is 0 Å². The van der Waals surface area contributed by atoms with Gasteiger partial charge in [-0.25, -0.2) is 0 Å². The Kier molecular flexibility index (Phi) is 14.7. The van der Waals surface area contributed by atoms with Crippen molar-refractivity contribution in [2.75, 3.05) is 72.9 Å². The van der Waals surface area contributed by atoms with Crippen molar-refractivity contribution in [2.45, 2.75) is 13.8 Å². The molecule has 0 fully saturated rings. The fourth-order valence-corrected chi connectivity index (χ4v) is 1.50. The van der Waals surface area contributed by atoms with Crippen molar-refractivity contribution >= 4 is 0 Å². The van der Waals surface area contributed by atoms with Gasteiger partial charge in [0.1, 0.15) is 0 Å². The predicted molar refractivity (Wildman–Crippen MR) is 74.2 cm³/mol. The quantitative estimate of drug-likeness (QED) is 0.464. The van der Waals surface area contributed by atoms with Crippen LogP contribution in [0.15, 0.2) is 0 Å². The van der Waals surface area contributed by atoms with E-state index in [0.717, 1.165) is 39.3 Å². The molecule has 5 heteroatoms. The molecule has 0 amide bonds. The highest BCUT2D eigenvalue weighted by molar-refractivity contribution is 4.56. The van der Waals surface area contributed by atoms with E-state index in [0.29, 0.717) is 26.4 Å². The molecule has 0 aliphatic heterocycles. The molecule has 110 valence electrons. The summed E-state index contributed by atoms with van der Waals surface area (Å²) in [6.45, 7) is 12.9. The average molecular weight is 262 g/mol. The van der Waals surface area contributed by atoms with Crippen LogP contribution < -0.4 is 5.32 Å². The molecule has 0 heterocycles. The second kappa shape index (κ2) is 14.9. The molecule has 0 saturated carbocycles. The molecule has 0 spiro atoms. The number of likely N-dealkylation sites (N-methyl/N-ethyl adjacent to an activating group) is 2. The van der Waals surface area contributed by atoms with Crippen LogP contribution in [0, 0.1) is 0 Å². The van der Waals surface area contributed by atoms with E-state index in [2.05, 4.69) is 24.1 Å². The molecular weight excluding hydrogens is 232 g/mol. The monoisotopic (exact) mass is 262 g/mol. The molecule has 0 unspecified atom stereocenters. The lowest BCUT2D eigenvalue weighted by Crippen LogP contribution is -2.34. The van der Waals surface area contributed by atoms with E-state index in [1.165, 1.54) is 0 Å². The van der Waals surface area contributed by atoms with Crippen LogP contribution in [-0.4, -0.2) is 77.8 Å². The molecule has 1 N–H and O–H groups in total. The van der Waals surface area contributed by atoms with Crippen LogP contribution in [-0.2, 0) is 14.2 Å². The van der Waals surface area contributed by atoms with Crippen LogP contribution >= 0.6 is 0 Å². The molecular formula is C13H30N2O3. The number of hydrogen-bond acceptors (Lipinski definition) is 5. The normalized spacial score (nSPS) is 11.3. The Labute approximate surface area is 112 Å². The molecule has 0 saturated heterocycles. The predicted octanol–water partition coefficient (Wildman–Crippen LogP) is 0.597. The minimum absolute atomic E-state index is 0.642. The molecule has 0 aromatic heterocycles. The maximum Gasteiger partial charge on any atom is 0.0701 e. The van der Waals surface area contributed by atoms with Crippen molar-refractivity contribution in [3.05, 3.63) is 0 Å². The van der Waals surface area contributed by atoms with Gasteiger partial charge >= 0.3 is 0 Å². The minimum atomic E-state index is 0.642. The zero-order chi connectivity index (χ0) is 13.5. The van der Waals surface area contributed by atoms with Crippen LogP contribution in [0.1, 0.15) is 13.8 Å². The third-order valence-corrected chi connectivity index (χ3v) is 2.66. The van der Waals surface area contributed by atoms with E-state index in [1.807, 2.05) is 0 Å². The summed E-state index contributed by atoms with van der Waals surface area (Å²) in [6, 6.07) is 0. The maximum absolute atomic E-state index is 5.52. The van der Waals surface area contributed by atoms with E-state index >= 15 is 0 Å². The summed E-state index contributed by atoms with van der Waals surface area (Å²) < 4.78 is 15.7. The van der Waals surface area contributed by atoms with Gasteiger partial charge in [0.15, 0.2) is 0 Å². The first-order valence-electron chi connectivity index (χ1n) is 6.92. The zero-order valence-corrected chi connectivity index (χ0v) is 12.2. The molecule has 0 atom stereocenters. The zero-order valence-electron chi connectivity index (χ0n) is 12.2. The highest BCUT2D eigenvalue weighted by Gasteiger charge is 2.01. The Balaban J connectivity index is 3.23. The maximum atomic E-state index is 5.52. The number of rotatable bonds is 14. The first-order chi connectivity index (χ1) is 8.85. The van der Waals surface area contributed by atoms with E-state index in [-0.39, 0.29) is 0 Å². The van der Waals surface area contributed by atoms with Gasteiger partial charge in [-0.2, -0.15) is 0 Å². The van der Waals surface area contributed by atoms with E-state index < -0.39 is 0 Å². The van der Waals surface area contributed by atoms with Gasteiger partial charge in [-0.3, -0.25) is 0 Å².